The second-order valence-corrected chi connectivity index (χ2v) is 4.44. The Kier molecular flexibility index (Phi) is 4.03. The first kappa shape index (κ1) is 15.1. The highest BCUT2D eigenvalue weighted by Gasteiger charge is 2.35. The maximum Gasteiger partial charge on any atom is 0.327 e. The Bertz CT molecular complexity index is 609. The average Bonchev–Trinajstić information content (AvgIpc) is 2.48. The number of phenols is 1. The van der Waals surface area contributed by atoms with Crippen LogP contribution in [0.1, 0.15) is 10.4 Å². The Morgan fingerprint density at radius 1 is 1.29 bits per heavy atom. The van der Waals surface area contributed by atoms with Crippen molar-refractivity contribution in [1.29, 1.82) is 0 Å². The molecule has 1 atom stereocenters. The Morgan fingerprint density at radius 2 is 1.95 bits per heavy atom. The number of aliphatic carboxylic acids is 1. The normalized spacial score (nSPS) is 18.6. The molecule has 0 bridgehead atoms. The summed E-state index contributed by atoms with van der Waals surface area (Å²) in [4.78, 5) is 24.0. The minimum Gasteiger partial charge on any atom is -0.503 e. The maximum absolute atomic E-state index is 13.7. The summed E-state index contributed by atoms with van der Waals surface area (Å²) in [6.07, 6.45) is 0. The summed E-state index contributed by atoms with van der Waals surface area (Å²) in [5.41, 5.74) is -0.917. The second-order valence-electron chi connectivity index (χ2n) is 4.44. The van der Waals surface area contributed by atoms with Crippen LogP contribution in [0.15, 0.2) is 6.07 Å². The predicted octanol–water partition coefficient (Wildman–Crippen LogP) is 0.308. The zero-order chi connectivity index (χ0) is 15.7. The first-order chi connectivity index (χ1) is 9.84. The van der Waals surface area contributed by atoms with Gasteiger partial charge in [-0.1, -0.05) is 0 Å². The number of hydrogen-bond donors (Lipinski definition) is 3. The van der Waals surface area contributed by atoms with E-state index in [0.717, 1.165) is 4.90 Å². The summed E-state index contributed by atoms with van der Waals surface area (Å²) in [6, 6.07) is -0.964. The van der Waals surface area contributed by atoms with Crippen molar-refractivity contribution in [3.8, 4) is 5.75 Å². The van der Waals surface area contributed by atoms with Gasteiger partial charge in [-0.3, -0.25) is 4.79 Å². The molecule has 3 N–H and O–H groups in total. The van der Waals surface area contributed by atoms with Gasteiger partial charge in [0.15, 0.2) is 17.4 Å². The third kappa shape index (κ3) is 2.64. The molecule has 1 aromatic carbocycles. The smallest absolute Gasteiger partial charge is 0.327 e. The van der Waals surface area contributed by atoms with Crippen LogP contribution in [0, 0.1) is 17.5 Å². The number of carbonyl (C=O) groups excluding carboxylic acids is 1. The summed E-state index contributed by atoms with van der Waals surface area (Å²) in [5, 5.41) is 20.9. The Hall–Kier alpha value is -2.29. The largest absolute Gasteiger partial charge is 0.503 e. The summed E-state index contributed by atoms with van der Waals surface area (Å²) < 4.78 is 39.9. The molecule has 1 aliphatic heterocycles. The molecule has 0 saturated carbocycles. The number of benzene rings is 1. The van der Waals surface area contributed by atoms with Crippen LogP contribution in [-0.4, -0.2) is 52.7 Å². The molecule has 1 unspecified atom stereocenters. The number of nitrogens with zero attached hydrogens (tertiary/aromatic N) is 1. The topological polar surface area (TPSA) is 89.9 Å². The molecule has 1 amide bonds. The number of carboxylic acid groups (broad SMARTS) is 1. The van der Waals surface area contributed by atoms with Gasteiger partial charge in [-0.25, -0.2) is 13.6 Å². The lowest BCUT2D eigenvalue weighted by atomic mass is 10.1. The Labute approximate surface area is 116 Å². The monoisotopic (exact) mass is 304 g/mol. The van der Waals surface area contributed by atoms with Gasteiger partial charge >= 0.3 is 5.97 Å². The van der Waals surface area contributed by atoms with E-state index in [1.165, 1.54) is 0 Å². The lowest BCUT2D eigenvalue weighted by Gasteiger charge is -2.33. The quantitative estimate of drug-likeness (QED) is 0.684. The molecule has 0 spiro atoms. The van der Waals surface area contributed by atoms with Gasteiger partial charge < -0.3 is 20.4 Å². The number of halogens is 3. The molecule has 1 heterocycles. The minimum atomic E-state index is -1.81. The van der Waals surface area contributed by atoms with E-state index in [1.807, 2.05) is 0 Å². The summed E-state index contributed by atoms with van der Waals surface area (Å²) >= 11 is 0. The zero-order valence-electron chi connectivity index (χ0n) is 10.6. The van der Waals surface area contributed by atoms with Crippen molar-refractivity contribution in [3.63, 3.8) is 0 Å². The molecule has 0 aromatic heterocycles. The molecule has 0 radical (unpaired) electrons. The molecule has 6 nitrogen and oxygen atoms in total. The highest BCUT2D eigenvalue weighted by atomic mass is 19.2. The maximum atomic E-state index is 13.7. The Balaban J connectivity index is 2.42. The van der Waals surface area contributed by atoms with Crippen molar-refractivity contribution in [2.24, 2.45) is 0 Å². The van der Waals surface area contributed by atoms with Gasteiger partial charge in [0.1, 0.15) is 6.04 Å². The molecular weight excluding hydrogens is 293 g/mol. The van der Waals surface area contributed by atoms with Crippen LogP contribution in [0.3, 0.4) is 0 Å². The molecular formula is C12H11F3N2O4. The highest BCUT2D eigenvalue weighted by Crippen LogP contribution is 2.27. The van der Waals surface area contributed by atoms with Gasteiger partial charge in [0.05, 0.1) is 5.56 Å². The van der Waals surface area contributed by atoms with Crippen molar-refractivity contribution in [1.82, 2.24) is 10.2 Å². The highest BCUT2D eigenvalue weighted by molar-refractivity contribution is 5.97. The number of phenolic OH excluding ortho intramolecular Hbond substituents is 1. The van der Waals surface area contributed by atoms with Crippen molar-refractivity contribution in [2.45, 2.75) is 6.04 Å². The number of hydrogen-bond acceptors (Lipinski definition) is 4. The van der Waals surface area contributed by atoms with Gasteiger partial charge in [-0.15, -0.1) is 0 Å². The van der Waals surface area contributed by atoms with E-state index < -0.39 is 46.7 Å². The molecule has 1 fully saturated rings. The molecule has 0 aliphatic carbocycles. The minimum absolute atomic E-state index is 0.0466. The lowest BCUT2D eigenvalue weighted by molar-refractivity contribution is -0.142. The van der Waals surface area contributed by atoms with Crippen LogP contribution in [-0.2, 0) is 4.79 Å². The molecule has 1 saturated heterocycles. The lowest BCUT2D eigenvalue weighted by Crippen LogP contribution is -2.57. The van der Waals surface area contributed by atoms with Crippen LogP contribution >= 0.6 is 0 Å². The number of aromatic hydroxyl groups is 1. The summed E-state index contributed by atoms with van der Waals surface area (Å²) in [7, 11) is 0. The molecule has 21 heavy (non-hydrogen) atoms. The molecule has 114 valence electrons. The first-order valence-electron chi connectivity index (χ1n) is 5.95. The van der Waals surface area contributed by atoms with Crippen LogP contribution in [0.5, 0.6) is 5.75 Å². The predicted molar refractivity (Wildman–Crippen MR) is 63.3 cm³/mol. The number of piperazine rings is 1. The van der Waals surface area contributed by atoms with Crippen LogP contribution in [0.4, 0.5) is 13.2 Å². The van der Waals surface area contributed by atoms with Crippen LogP contribution in [0.2, 0.25) is 0 Å². The third-order valence-corrected chi connectivity index (χ3v) is 3.15. The molecule has 1 aromatic rings. The van der Waals surface area contributed by atoms with E-state index in [0.29, 0.717) is 6.07 Å². The van der Waals surface area contributed by atoms with Gasteiger partial charge in [0, 0.05) is 19.6 Å². The molecule has 1 aliphatic rings. The average molecular weight is 304 g/mol. The van der Waals surface area contributed by atoms with Crippen molar-refractivity contribution >= 4 is 11.9 Å². The molecule has 9 heteroatoms. The van der Waals surface area contributed by atoms with Gasteiger partial charge in [0.25, 0.3) is 5.91 Å². The van der Waals surface area contributed by atoms with Crippen LogP contribution in [0.25, 0.3) is 0 Å². The fourth-order valence-electron chi connectivity index (χ4n) is 2.07. The van der Waals surface area contributed by atoms with E-state index in [9.17, 15) is 22.8 Å². The van der Waals surface area contributed by atoms with Crippen molar-refractivity contribution < 1.29 is 33.0 Å². The number of carbonyl (C=O) groups is 2. The van der Waals surface area contributed by atoms with Gasteiger partial charge in [0.2, 0.25) is 5.82 Å². The second kappa shape index (κ2) is 5.60. The van der Waals surface area contributed by atoms with Gasteiger partial charge in [-0.05, 0) is 6.07 Å². The number of amides is 1. The number of carboxylic acids is 1. The van der Waals surface area contributed by atoms with E-state index in [2.05, 4.69) is 5.32 Å². The van der Waals surface area contributed by atoms with Crippen molar-refractivity contribution in [2.75, 3.05) is 19.6 Å². The fraction of sp³-hybridized carbons (Fsp3) is 0.333. The SMILES string of the molecule is O=C(O)C1CNCCN1C(=O)c1cc(F)c(F)c(O)c1F. The van der Waals surface area contributed by atoms with Gasteiger partial charge in [-0.2, -0.15) is 4.39 Å². The van der Waals surface area contributed by atoms with Crippen molar-refractivity contribution in [3.05, 3.63) is 29.1 Å². The fourth-order valence-corrected chi connectivity index (χ4v) is 2.07. The standard InChI is InChI=1S/C12H11F3N2O4/c13-6-3-5(8(14)10(18)9(6)15)11(19)17-2-1-16-4-7(17)12(20)21/h3,7,16,18H,1-2,4H2,(H,20,21). The third-order valence-electron chi connectivity index (χ3n) is 3.15. The van der Waals surface area contributed by atoms with E-state index >= 15 is 0 Å². The van der Waals surface area contributed by atoms with E-state index in [1.54, 1.807) is 0 Å². The summed E-state index contributed by atoms with van der Waals surface area (Å²) in [6.45, 7) is 0.167. The first-order valence-corrected chi connectivity index (χ1v) is 5.95. The number of rotatable bonds is 2. The zero-order valence-corrected chi connectivity index (χ0v) is 10.6. The number of nitrogens with one attached hydrogen (secondary N) is 1. The molecule has 2 rings (SSSR count). The van der Waals surface area contributed by atoms with E-state index in [-0.39, 0.29) is 19.6 Å². The Morgan fingerprint density at radius 3 is 2.57 bits per heavy atom. The van der Waals surface area contributed by atoms with E-state index in [4.69, 9.17) is 10.2 Å². The summed E-state index contributed by atoms with van der Waals surface area (Å²) in [5.74, 6) is -9.08. The van der Waals surface area contributed by atoms with Crippen LogP contribution < -0.4 is 5.32 Å².